The molecule has 0 nitrogen and oxygen atoms in total. The van der Waals surface area contributed by atoms with Gasteiger partial charge in [-0.3, -0.25) is 0 Å². The maximum absolute atomic E-state index is 4.26. The van der Waals surface area contributed by atoms with Crippen LogP contribution in [0.2, 0.25) is 0 Å². The Labute approximate surface area is 132 Å². The van der Waals surface area contributed by atoms with Crippen LogP contribution in [0.1, 0.15) is 27.7 Å². The number of thiol groups is 1. The van der Waals surface area contributed by atoms with Crippen molar-refractivity contribution in [1.29, 1.82) is 0 Å². The molecule has 0 atom stereocenters. The van der Waals surface area contributed by atoms with Crippen LogP contribution in [0.25, 0.3) is 0 Å². The molecule has 0 spiro atoms. The van der Waals surface area contributed by atoms with Crippen molar-refractivity contribution in [3.05, 3.63) is 48.5 Å². The van der Waals surface area contributed by atoms with E-state index in [1.807, 2.05) is 52.0 Å². The van der Waals surface area contributed by atoms with Crippen molar-refractivity contribution in [2.45, 2.75) is 47.3 Å². The topological polar surface area (TPSA) is 0 Å². The first-order valence-electron chi connectivity index (χ1n) is 6.52. The molecular formula is C16H23S3+. The Bertz CT molecular complexity index is 389. The fourth-order valence-corrected chi connectivity index (χ4v) is 2.31. The van der Waals surface area contributed by atoms with E-state index < -0.39 is 0 Å². The second-order valence-electron chi connectivity index (χ2n) is 3.12. The van der Waals surface area contributed by atoms with E-state index >= 15 is 0 Å². The van der Waals surface area contributed by atoms with Crippen molar-refractivity contribution < 1.29 is 0 Å². The lowest BCUT2D eigenvalue weighted by atomic mass is 10.4. The van der Waals surface area contributed by atoms with Crippen molar-refractivity contribution in [3.8, 4) is 0 Å². The average molecular weight is 312 g/mol. The Morgan fingerprint density at radius 3 is 1.53 bits per heavy atom. The molecule has 0 aliphatic rings. The summed E-state index contributed by atoms with van der Waals surface area (Å²) in [6.45, 7) is 8.00. The maximum atomic E-state index is 4.26. The first kappa shape index (κ1) is 18.5. The lowest BCUT2D eigenvalue weighted by Crippen LogP contribution is -1.74. The molecule has 0 amide bonds. The zero-order chi connectivity index (χ0) is 14.7. The van der Waals surface area contributed by atoms with Gasteiger partial charge in [-0.1, -0.05) is 39.5 Å². The third-order valence-corrected chi connectivity index (χ3v) is 3.57. The van der Waals surface area contributed by atoms with Crippen LogP contribution in [0.5, 0.6) is 0 Å². The number of hydrogen-bond acceptors (Lipinski definition) is 2. The molecular weight excluding hydrogens is 288 g/mol. The van der Waals surface area contributed by atoms with Crippen LogP contribution in [-0.2, 0) is 12.6 Å². The van der Waals surface area contributed by atoms with E-state index in [2.05, 4.69) is 49.5 Å². The summed E-state index contributed by atoms with van der Waals surface area (Å²) >= 11 is 9.48. The third-order valence-electron chi connectivity index (χ3n) is 1.93. The summed E-state index contributed by atoms with van der Waals surface area (Å²) in [6, 6.07) is 16.5. The van der Waals surface area contributed by atoms with Gasteiger partial charge in [0.2, 0.25) is 0 Å². The van der Waals surface area contributed by atoms with Crippen LogP contribution in [0, 0.1) is 0 Å². The molecule has 104 valence electrons. The molecule has 0 saturated carbocycles. The zero-order valence-electron chi connectivity index (χ0n) is 12.0. The van der Waals surface area contributed by atoms with Gasteiger partial charge >= 0.3 is 0 Å². The van der Waals surface area contributed by atoms with Crippen LogP contribution in [0.3, 0.4) is 0 Å². The van der Waals surface area contributed by atoms with Gasteiger partial charge in [-0.25, -0.2) is 0 Å². The first-order chi connectivity index (χ1) is 9.24. The SMILES string of the molecule is CC.CC.Sc1ccc(Sc2ccc([SH2+])cc2)cc1. The molecule has 0 radical (unpaired) electrons. The van der Waals surface area contributed by atoms with Gasteiger partial charge in [0.25, 0.3) is 0 Å². The van der Waals surface area contributed by atoms with Gasteiger partial charge < -0.3 is 0 Å². The molecule has 0 heterocycles. The number of hydrogen-bond donors (Lipinski definition) is 1. The highest BCUT2D eigenvalue weighted by Gasteiger charge is 1.98. The van der Waals surface area contributed by atoms with Crippen LogP contribution < -0.4 is 0 Å². The van der Waals surface area contributed by atoms with E-state index in [0.29, 0.717) is 0 Å². The van der Waals surface area contributed by atoms with E-state index in [9.17, 15) is 0 Å². The molecule has 2 aromatic rings. The quantitative estimate of drug-likeness (QED) is 0.560. The normalized spacial score (nSPS) is 8.74. The van der Waals surface area contributed by atoms with Crippen molar-refractivity contribution in [1.82, 2.24) is 0 Å². The molecule has 2 rings (SSSR count). The molecule has 0 bridgehead atoms. The van der Waals surface area contributed by atoms with E-state index in [4.69, 9.17) is 0 Å². The molecule has 0 aromatic heterocycles. The molecule has 0 aliphatic carbocycles. The Hall–Kier alpha value is -0.510. The van der Waals surface area contributed by atoms with Gasteiger partial charge in [-0.2, -0.15) is 0 Å². The molecule has 0 aliphatic heterocycles. The fourth-order valence-electron chi connectivity index (χ4n) is 1.17. The smallest absolute Gasteiger partial charge is 0.143 e. The Morgan fingerprint density at radius 1 is 0.737 bits per heavy atom. The Morgan fingerprint density at radius 2 is 1.11 bits per heavy atom. The largest absolute Gasteiger partial charge is 0.150 e. The highest BCUT2D eigenvalue weighted by Crippen LogP contribution is 2.28. The summed E-state index contributed by atoms with van der Waals surface area (Å²) in [5.74, 6) is 0. The standard InChI is InChI=1S/C12H10S3.2C2H6/c13-9-1-5-11(6-2-9)15-12-7-3-10(14)4-8-12;2*1-2/h1-8,13-14H;2*1-2H3/p+1. The summed E-state index contributed by atoms with van der Waals surface area (Å²) in [4.78, 5) is 4.57. The lowest BCUT2D eigenvalue weighted by Gasteiger charge is -2.01. The highest BCUT2D eigenvalue weighted by atomic mass is 32.2. The second-order valence-corrected chi connectivity index (χ2v) is 5.36. The minimum Gasteiger partial charge on any atom is -0.143 e. The van der Waals surface area contributed by atoms with Crippen LogP contribution in [0.15, 0.2) is 68.1 Å². The van der Waals surface area contributed by atoms with Gasteiger partial charge in [-0.15, -0.1) is 12.6 Å². The Balaban J connectivity index is 0.000000741. The van der Waals surface area contributed by atoms with E-state index in [-0.39, 0.29) is 0 Å². The Kier molecular flexibility index (Phi) is 11.0. The van der Waals surface area contributed by atoms with Crippen LogP contribution in [0.4, 0.5) is 0 Å². The van der Waals surface area contributed by atoms with E-state index in [0.717, 1.165) is 9.79 Å². The summed E-state index contributed by atoms with van der Waals surface area (Å²) in [5.41, 5.74) is 0. The summed E-state index contributed by atoms with van der Waals surface area (Å²) < 4.78 is 0. The fraction of sp³-hybridized carbons (Fsp3) is 0.250. The molecule has 0 N–H and O–H groups in total. The van der Waals surface area contributed by atoms with Gasteiger partial charge in [0.05, 0.1) is 0 Å². The minimum absolute atomic E-state index is 0.995. The van der Waals surface area contributed by atoms with Crippen molar-refractivity contribution >= 4 is 37.0 Å². The van der Waals surface area contributed by atoms with Gasteiger partial charge in [-0.05, 0) is 61.2 Å². The summed E-state index contributed by atoms with van der Waals surface area (Å²) in [5, 5.41) is 0. The van der Waals surface area contributed by atoms with Crippen LogP contribution in [-0.4, -0.2) is 0 Å². The van der Waals surface area contributed by atoms with Gasteiger partial charge in [0.1, 0.15) is 4.90 Å². The molecule has 3 heteroatoms. The molecule has 19 heavy (non-hydrogen) atoms. The van der Waals surface area contributed by atoms with Crippen molar-refractivity contribution in [2.75, 3.05) is 0 Å². The maximum Gasteiger partial charge on any atom is 0.150 e. The van der Waals surface area contributed by atoms with Crippen molar-refractivity contribution in [2.24, 2.45) is 0 Å². The predicted molar refractivity (Wildman–Crippen MR) is 95.4 cm³/mol. The van der Waals surface area contributed by atoms with Crippen LogP contribution >= 0.6 is 24.4 Å². The van der Waals surface area contributed by atoms with Gasteiger partial charge in [0.15, 0.2) is 0 Å². The average Bonchev–Trinajstić information content (AvgIpc) is 2.48. The second kappa shape index (κ2) is 11.3. The third kappa shape index (κ3) is 7.61. The van der Waals surface area contributed by atoms with E-state index in [1.54, 1.807) is 11.8 Å². The predicted octanol–water partition coefficient (Wildman–Crippen LogP) is 5.55. The summed E-state index contributed by atoms with van der Waals surface area (Å²) in [7, 11) is 0. The highest BCUT2D eigenvalue weighted by molar-refractivity contribution is 7.99. The molecule has 2 aromatic carbocycles. The lowest BCUT2D eigenvalue weighted by molar-refractivity contribution is 1.32. The minimum atomic E-state index is 0.995. The number of benzene rings is 2. The molecule has 0 unspecified atom stereocenters. The number of rotatable bonds is 2. The monoisotopic (exact) mass is 311 g/mol. The van der Waals surface area contributed by atoms with E-state index in [1.165, 1.54) is 9.79 Å². The molecule has 0 fully saturated rings. The molecule has 0 saturated heterocycles. The zero-order valence-corrected chi connectivity index (χ0v) is 14.7. The summed E-state index contributed by atoms with van der Waals surface area (Å²) in [6.07, 6.45) is 0. The first-order valence-corrected chi connectivity index (χ1v) is 8.29. The van der Waals surface area contributed by atoms with Gasteiger partial charge in [0, 0.05) is 14.7 Å². The van der Waals surface area contributed by atoms with Crippen molar-refractivity contribution in [3.63, 3.8) is 0 Å².